The SMILES string of the molecule is Cc1c(C(=O)O)cnn1-c1c(F)cccc1Br. The highest BCUT2D eigenvalue weighted by atomic mass is 79.9. The van der Waals surface area contributed by atoms with Crippen molar-refractivity contribution in [2.45, 2.75) is 6.92 Å². The minimum Gasteiger partial charge on any atom is -0.478 e. The highest BCUT2D eigenvalue weighted by Crippen LogP contribution is 2.25. The third kappa shape index (κ3) is 1.95. The Kier molecular flexibility index (Phi) is 2.97. The molecule has 0 aliphatic heterocycles. The summed E-state index contributed by atoms with van der Waals surface area (Å²) in [5.74, 6) is -1.55. The third-order valence-corrected chi connectivity index (χ3v) is 3.03. The van der Waals surface area contributed by atoms with E-state index in [0.29, 0.717) is 10.2 Å². The van der Waals surface area contributed by atoms with E-state index in [2.05, 4.69) is 21.0 Å². The first kappa shape index (κ1) is 11.8. The summed E-state index contributed by atoms with van der Waals surface area (Å²) in [6, 6.07) is 4.52. The number of carboxylic acid groups (broad SMARTS) is 1. The van der Waals surface area contributed by atoms with Crippen LogP contribution in [0.5, 0.6) is 0 Å². The van der Waals surface area contributed by atoms with Crippen molar-refractivity contribution in [1.82, 2.24) is 9.78 Å². The Morgan fingerprint density at radius 2 is 2.24 bits per heavy atom. The van der Waals surface area contributed by atoms with Crippen LogP contribution in [0, 0.1) is 12.7 Å². The first-order chi connectivity index (χ1) is 8.02. The van der Waals surface area contributed by atoms with Gasteiger partial charge in [-0.25, -0.2) is 13.9 Å². The Labute approximate surface area is 105 Å². The molecule has 1 aromatic carbocycles. The van der Waals surface area contributed by atoms with Crippen LogP contribution in [-0.2, 0) is 0 Å². The zero-order valence-electron chi connectivity index (χ0n) is 8.82. The second-order valence-corrected chi connectivity index (χ2v) is 4.29. The number of carboxylic acids is 1. The minimum atomic E-state index is -1.08. The van der Waals surface area contributed by atoms with Crippen molar-refractivity contribution in [3.05, 3.63) is 45.9 Å². The molecule has 4 nitrogen and oxygen atoms in total. The summed E-state index contributed by atoms with van der Waals surface area (Å²) in [7, 11) is 0. The summed E-state index contributed by atoms with van der Waals surface area (Å²) in [5, 5.41) is 12.8. The quantitative estimate of drug-likeness (QED) is 0.927. The number of aromatic carboxylic acids is 1. The predicted octanol–water partition coefficient (Wildman–Crippen LogP) is 2.78. The maximum Gasteiger partial charge on any atom is 0.339 e. The fraction of sp³-hybridized carbons (Fsp3) is 0.0909. The van der Waals surface area contributed by atoms with E-state index in [1.807, 2.05) is 0 Å². The van der Waals surface area contributed by atoms with E-state index in [0.717, 1.165) is 0 Å². The summed E-state index contributed by atoms with van der Waals surface area (Å²) < 4.78 is 15.5. The number of hydrogen-bond donors (Lipinski definition) is 1. The molecule has 88 valence electrons. The maximum atomic E-state index is 13.7. The minimum absolute atomic E-state index is 0.0557. The van der Waals surface area contributed by atoms with Gasteiger partial charge in [-0.2, -0.15) is 5.10 Å². The largest absolute Gasteiger partial charge is 0.478 e. The van der Waals surface area contributed by atoms with Crippen LogP contribution in [0.25, 0.3) is 5.69 Å². The molecule has 0 spiro atoms. The Morgan fingerprint density at radius 1 is 1.53 bits per heavy atom. The molecular weight excluding hydrogens is 291 g/mol. The Hall–Kier alpha value is -1.69. The molecule has 0 aliphatic carbocycles. The van der Waals surface area contributed by atoms with Gasteiger partial charge in [-0.1, -0.05) is 6.07 Å². The maximum absolute atomic E-state index is 13.7. The lowest BCUT2D eigenvalue weighted by Gasteiger charge is -2.08. The van der Waals surface area contributed by atoms with Crippen LogP contribution in [0.3, 0.4) is 0 Å². The van der Waals surface area contributed by atoms with Crippen molar-refractivity contribution in [2.75, 3.05) is 0 Å². The van der Waals surface area contributed by atoms with Gasteiger partial charge < -0.3 is 5.11 Å². The van der Waals surface area contributed by atoms with Gasteiger partial charge in [0.25, 0.3) is 0 Å². The van der Waals surface area contributed by atoms with Crippen molar-refractivity contribution < 1.29 is 14.3 Å². The zero-order chi connectivity index (χ0) is 12.6. The Balaban J connectivity index is 2.66. The van der Waals surface area contributed by atoms with Crippen LogP contribution in [0.4, 0.5) is 4.39 Å². The number of halogens is 2. The molecule has 2 rings (SSSR count). The molecule has 1 N–H and O–H groups in total. The topological polar surface area (TPSA) is 55.1 Å². The molecule has 6 heteroatoms. The molecule has 0 saturated heterocycles. The van der Waals surface area contributed by atoms with E-state index in [-0.39, 0.29) is 11.3 Å². The van der Waals surface area contributed by atoms with Gasteiger partial charge in [-0.05, 0) is 35.0 Å². The number of nitrogens with zero attached hydrogens (tertiary/aromatic N) is 2. The van der Waals surface area contributed by atoms with Crippen LogP contribution < -0.4 is 0 Å². The summed E-state index contributed by atoms with van der Waals surface area (Å²) >= 11 is 3.22. The van der Waals surface area contributed by atoms with Gasteiger partial charge >= 0.3 is 5.97 Å². The monoisotopic (exact) mass is 298 g/mol. The highest BCUT2D eigenvalue weighted by molar-refractivity contribution is 9.10. The predicted molar refractivity (Wildman–Crippen MR) is 62.9 cm³/mol. The Morgan fingerprint density at radius 3 is 2.76 bits per heavy atom. The van der Waals surface area contributed by atoms with Gasteiger partial charge in [-0.15, -0.1) is 0 Å². The first-order valence-electron chi connectivity index (χ1n) is 4.74. The highest BCUT2D eigenvalue weighted by Gasteiger charge is 2.17. The summed E-state index contributed by atoms with van der Waals surface area (Å²) in [6.45, 7) is 1.58. The molecule has 17 heavy (non-hydrogen) atoms. The lowest BCUT2D eigenvalue weighted by Crippen LogP contribution is -2.05. The average molecular weight is 299 g/mol. The van der Waals surface area contributed by atoms with Crippen molar-refractivity contribution in [3.8, 4) is 5.69 Å². The zero-order valence-corrected chi connectivity index (χ0v) is 10.4. The van der Waals surface area contributed by atoms with E-state index in [9.17, 15) is 9.18 Å². The van der Waals surface area contributed by atoms with Gasteiger partial charge in [-0.3, -0.25) is 0 Å². The molecule has 0 amide bonds. The number of carbonyl (C=O) groups is 1. The van der Waals surface area contributed by atoms with Crippen LogP contribution in [0.2, 0.25) is 0 Å². The molecule has 1 aromatic heterocycles. The number of aromatic nitrogens is 2. The van der Waals surface area contributed by atoms with E-state index in [1.165, 1.54) is 16.9 Å². The second kappa shape index (κ2) is 4.29. The van der Waals surface area contributed by atoms with Gasteiger partial charge in [0.05, 0.1) is 11.9 Å². The second-order valence-electron chi connectivity index (χ2n) is 3.43. The summed E-state index contributed by atoms with van der Waals surface area (Å²) in [6.07, 6.45) is 1.20. The molecule has 0 atom stereocenters. The fourth-order valence-electron chi connectivity index (χ4n) is 1.54. The number of benzene rings is 1. The standard InChI is InChI=1S/C11H8BrFN2O2/c1-6-7(11(16)17)5-14-15(6)10-8(12)3-2-4-9(10)13/h2-5H,1H3,(H,16,17). The number of rotatable bonds is 2. The van der Waals surface area contributed by atoms with Crippen molar-refractivity contribution >= 4 is 21.9 Å². The molecule has 0 radical (unpaired) electrons. The smallest absolute Gasteiger partial charge is 0.339 e. The third-order valence-electron chi connectivity index (χ3n) is 2.39. The molecule has 2 aromatic rings. The average Bonchev–Trinajstić information content (AvgIpc) is 2.61. The van der Waals surface area contributed by atoms with Crippen LogP contribution in [0.1, 0.15) is 16.1 Å². The fourth-order valence-corrected chi connectivity index (χ4v) is 2.05. The van der Waals surface area contributed by atoms with Crippen LogP contribution in [-0.4, -0.2) is 20.9 Å². The summed E-state index contributed by atoms with van der Waals surface area (Å²) in [5.41, 5.74) is 0.640. The van der Waals surface area contributed by atoms with Crippen molar-refractivity contribution in [3.63, 3.8) is 0 Å². The van der Waals surface area contributed by atoms with Gasteiger partial charge in [0.1, 0.15) is 17.1 Å². The van der Waals surface area contributed by atoms with Crippen molar-refractivity contribution in [1.29, 1.82) is 0 Å². The molecule has 0 aliphatic rings. The molecule has 0 saturated carbocycles. The molecule has 1 heterocycles. The van der Waals surface area contributed by atoms with Gasteiger partial charge in [0, 0.05) is 4.47 Å². The molecule has 0 bridgehead atoms. The normalized spacial score (nSPS) is 10.5. The van der Waals surface area contributed by atoms with E-state index >= 15 is 0 Å². The molecule has 0 unspecified atom stereocenters. The molecule has 0 fully saturated rings. The number of para-hydroxylation sites is 1. The van der Waals surface area contributed by atoms with Gasteiger partial charge in [0.15, 0.2) is 0 Å². The van der Waals surface area contributed by atoms with E-state index < -0.39 is 11.8 Å². The van der Waals surface area contributed by atoms with Crippen LogP contribution in [0.15, 0.2) is 28.9 Å². The van der Waals surface area contributed by atoms with Crippen molar-refractivity contribution in [2.24, 2.45) is 0 Å². The number of hydrogen-bond acceptors (Lipinski definition) is 2. The lowest BCUT2D eigenvalue weighted by molar-refractivity contribution is 0.0696. The van der Waals surface area contributed by atoms with Crippen LogP contribution >= 0.6 is 15.9 Å². The first-order valence-corrected chi connectivity index (χ1v) is 5.54. The van der Waals surface area contributed by atoms with Gasteiger partial charge in [0.2, 0.25) is 0 Å². The summed E-state index contributed by atoms with van der Waals surface area (Å²) in [4.78, 5) is 10.9. The van der Waals surface area contributed by atoms with E-state index in [1.54, 1.807) is 19.1 Å². The lowest BCUT2D eigenvalue weighted by atomic mass is 10.2. The Bertz CT molecular complexity index is 575. The molecular formula is C11H8BrFN2O2. The van der Waals surface area contributed by atoms with E-state index in [4.69, 9.17) is 5.11 Å².